The van der Waals surface area contributed by atoms with Crippen molar-refractivity contribution in [2.75, 3.05) is 10.6 Å². The van der Waals surface area contributed by atoms with Crippen LogP contribution in [0, 0.1) is 6.92 Å². The first-order valence-electron chi connectivity index (χ1n) is 9.13. The van der Waals surface area contributed by atoms with Crippen molar-refractivity contribution in [3.05, 3.63) is 64.5 Å². The van der Waals surface area contributed by atoms with Crippen LogP contribution < -0.4 is 10.6 Å². The van der Waals surface area contributed by atoms with Gasteiger partial charge in [0.2, 0.25) is 0 Å². The SMILES string of the molecule is Cc1nc(-c2ccc(NC(=O)c3cccc(NC(=O)OC(C)(C)C)c3)cc2)cs1. The van der Waals surface area contributed by atoms with Gasteiger partial charge in [-0.1, -0.05) is 18.2 Å². The molecule has 0 unspecified atom stereocenters. The summed E-state index contributed by atoms with van der Waals surface area (Å²) in [5.74, 6) is -0.268. The molecular formula is C22H23N3O3S. The summed E-state index contributed by atoms with van der Waals surface area (Å²) in [7, 11) is 0. The largest absolute Gasteiger partial charge is 0.444 e. The van der Waals surface area contributed by atoms with Gasteiger partial charge in [-0.05, 0) is 58.0 Å². The Labute approximate surface area is 173 Å². The van der Waals surface area contributed by atoms with E-state index in [0.29, 0.717) is 16.9 Å². The van der Waals surface area contributed by atoms with E-state index in [1.54, 1.807) is 56.4 Å². The fraction of sp³-hybridized carbons (Fsp3) is 0.227. The molecule has 0 aliphatic carbocycles. The summed E-state index contributed by atoms with van der Waals surface area (Å²) in [6.45, 7) is 7.33. The van der Waals surface area contributed by atoms with Gasteiger partial charge in [0.15, 0.2) is 0 Å². The molecule has 150 valence electrons. The number of nitrogens with zero attached hydrogens (tertiary/aromatic N) is 1. The number of amides is 2. The van der Waals surface area contributed by atoms with Gasteiger partial charge in [-0.25, -0.2) is 9.78 Å². The number of carbonyl (C=O) groups excluding carboxylic acids is 2. The number of hydrogen-bond donors (Lipinski definition) is 2. The lowest BCUT2D eigenvalue weighted by molar-refractivity contribution is 0.0635. The van der Waals surface area contributed by atoms with E-state index in [0.717, 1.165) is 16.3 Å². The predicted molar refractivity (Wildman–Crippen MR) is 117 cm³/mol. The van der Waals surface area contributed by atoms with E-state index < -0.39 is 11.7 Å². The highest BCUT2D eigenvalue weighted by Crippen LogP contribution is 2.23. The monoisotopic (exact) mass is 409 g/mol. The summed E-state index contributed by atoms with van der Waals surface area (Å²) >= 11 is 1.60. The van der Waals surface area contributed by atoms with Gasteiger partial charge in [0.1, 0.15) is 5.60 Å². The highest BCUT2D eigenvalue weighted by molar-refractivity contribution is 7.09. The minimum atomic E-state index is -0.595. The van der Waals surface area contributed by atoms with Crippen LogP contribution in [-0.2, 0) is 4.74 Å². The third kappa shape index (κ3) is 5.89. The topological polar surface area (TPSA) is 80.3 Å². The Bertz CT molecular complexity index is 1020. The molecule has 0 fully saturated rings. The van der Waals surface area contributed by atoms with E-state index in [1.807, 2.05) is 36.6 Å². The average molecular weight is 410 g/mol. The van der Waals surface area contributed by atoms with Gasteiger partial charge >= 0.3 is 6.09 Å². The molecule has 3 rings (SSSR count). The molecule has 2 N–H and O–H groups in total. The Kier molecular flexibility index (Phi) is 5.98. The van der Waals surface area contributed by atoms with Crippen molar-refractivity contribution in [2.45, 2.75) is 33.3 Å². The van der Waals surface area contributed by atoms with Crippen molar-refractivity contribution in [3.63, 3.8) is 0 Å². The van der Waals surface area contributed by atoms with Crippen molar-refractivity contribution >= 4 is 34.7 Å². The summed E-state index contributed by atoms with van der Waals surface area (Å²) in [5, 5.41) is 8.52. The second kappa shape index (κ2) is 8.45. The fourth-order valence-corrected chi connectivity index (χ4v) is 3.21. The van der Waals surface area contributed by atoms with E-state index in [-0.39, 0.29) is 5.91 Å². The van der Waals surface area contributed by atoms with Crippen LogP contribution in [-0.4, -0.2) is 22.6 Å². The van der Waals surface area contributed by atoms with Gasteiger partial charge in [-0.3, -0.25) is 10.1 Å². The van der Waals surface area contributed by atoms with Gasteiger partial charge < -0.3 is 10.1 Å². The van der Waals surface area contributed by atoms with Gasteiger partial charge in [-0.2, -0.15) is 0 Å². The lowest BCUT2D eigenvalue weighted by Crippen LogP contribution is -2.27. The van der Waals surface area contributed by atoms with E-state index in [2.05, 4.69) is 15.6 Å². The molecule has 7 heteroatoms. The Morgan fingerprint density at radius 3 is 2.34 bits per heavy atom. The maximum Gasteiger partial charge on any atom is 0.412 e. The van der Waals surface area contributed by atoms with Crippen LogP contribution in [0.3, 0.4) is 0 Å². The van der Waals surface area contributed by atoms with E-state index in [4.69, 9.17) is 4.74 Å². The van der Waals surface area contributed by atoms with Gasteiger partial charge in [-0.15, -0.1) is 11.3 Å². The standard InChI is InChI=1S/C22H23N3O3S/c1-14-23-19(13-29-14)15-8-10-17(11-9-15)24-20(26)16-6-5-7-18(12-16)25-21(27)28-22(2,3)4/h5-13H,1-4H3,(H,24,26)(H,25,27). The number of benzene rings is 2. The number of thiazole rings is 1. The molecule has 3 aromatic rings. The van der Waals surface area contributed by atoms with Crippen molar-refractivity contribution in [1.82, 2.24) is 4.98 Å². The maximum atomic E-state index is 12.6. The summed E-state index contributed by atoms with van der Waals surface area (Å²) < 4.78 is 5.23. The number of ether oxygens (including phenoxy) is 1. The van der Waals surface area contributed by atoms with E-state index in [9.17, 15) is 9.59 Å². The quantitative estimate of drug-likeness (QED) is 0.578. The molecule has 1 heterocycles. The Hall–Kier alpha value is -3.19. The normalized spacial score (nSPS) is 11.0. The van der Waals surface area contributed by atoms with Crippen LogP contribution in [0.5, 0.6) is 0 Å². The maximum absolute atomic E-state index is 12.6. The Morgan fingerprint density at radius 2 is 1.72 bits per heavy atom. The molecule has 0 saturated carbocycles. The number of aryl methyl sites for hydroxylation is 1. The zero-order valence-corrected chi connectivity index (χ0v) is 17.6. The zero-order chi connectivity index (χ0) is 21.0. The number of hydrogen-bond acceptors (Lipinski definition) is 5. The number of nitrogens with one attached hydrogen (secondary N) is 2. The van der Waals surface area contributed by atoms with Crippen molar-refractivity contribution in [3.8, 4) is 11.3 Å². The summed E-state index contributed by atoms with van der Waals surface area (Å²) in [4.78, 5) is 28.9. The van der Waals surface area contributed by atoms with E-state index in [1.165, 1.54) is 0 Å². The molecule has 0 saturated heterocycles. The molecule has 0 bridgehead atoms. The van der Waals surface area contributed by atoms with Crippen LogP contribution in [0.15, 0.2) is 53.9 Å². The summed E-state index contributed by atoms with van der Waals surface area (Å²) in [5.41, 5.74) is 2.92. The molecule has 0 spiro atoms. The molecule has 0 aliphatic heterocycles. The van der Waals surface area contributed by atoms with Crippen molar-refractivity contribution in [1.29, 1.82) is 0 Å². The van der Waals surface area contributed by atoms with Gasteiger partial charge in [0.05, 0.1) is 10.7 Å². The lowest BCUT2D eigenvalue weighted by atomic mass is 10.1. The molecule has 2 aromatic carbocycles. The fourth-order valence-electron chi connectivity index (χ4n) is 2.58. The second-order valence-corrected chi connectivity index (χ2v) is 8.55. The highest BCUT2D eigenvalue weighted by atomic mass is 32.1. The highest BCUT2D eigenvalue weighted by Gasteiger charge is 2.16. The van der Waals surface area contributed by atoms with Crippen LogP contribution in [0.1, 0.15) is 36.1 Å². The number of anilines is 2. The first kappa shape index (κ1) is 20.5. The lowest BCUT2D eigenvalue weighted by Gasteiger charge is -2.19. The molecule has 0 aliphatic rings. The summed E-state index contributed by atoms with van der Waals surface area (Å²) in [6.07, 6.45) is -0.567. The Balaban J connectivity index is 1.65. The van der Waals surface area contributed by atoms with Crippen LogP contribution >= 0.6 is 11.3 Å². The Morgan fingerprint density at radius 1 is 1.00 bits per heavy atom. The summed E-state index contributed by atoms with van der Waals surface area (Å²) in [6, 6.07) is 14.2. The van der Waals surface area contributed by atoms with Crippen molar-refractivity contribution < 1.29 is 14.3 Å². The zero-order valence-electron chi connectivity index (χ0n) is 16.8. The number of carbonyl (C=O) groups is 2. The molecule has 29 heavy (non-hydrogen) atoms. The van der Waals surface area contributed by atoms with Gasteiger partial charge in [0, 0.05) is 27.9 Å². The molecule has 0 radical (unpaired) electrons. The predicted octanol–water partition coefficient (Wildman–Crippen LogP) is 5.72. The minimum Gasteiger partial charge on any atom is -0.444 e. The van der Waals surface area contributed by atoms with Crippen LogP contribution in [0.4, 0.5) is 16.2 Å². The van der Waals surface area contributed by atoms with Crippen LogP contribution in [0.25, 0.3) is 11.3 Å². The molecule has 1 aromatic heterocycles. The minimum absolute atomic E-state index is 0.268. The molecular weight excluding hydrogens is 386 g/mol. The van der Waals surface area contributed by atoms with Gasteiger partial charge in [0.25, 0.3) is 5.91 Å². The van der Waals surface area contributed by atoms with E-state index >= 15 is 0 Å². The smallest absolute Gasteiger partial charge is 0.412 e. The third-order valence-electron chi connectivity index (χ3n) is 3.83. The average Bonchev–Trinajstić information content (AvgIpc) is 3.07. The third-order valence-corrected chi connectivity index (χ3v) is 4.60. The van der Waals surface area contributed by atoms with Crippen LogP contribution in [0.2, 0.25) is 0 Å². The number of aromatic nitrogens is 1. The molecule has 6 nitrogen and oxygen atoms in total. The van der Waals surface area contributed by atoms with Crippen molar-refractivity contribution in [2.24, 2.45) is 0 Å². The molecule has 2 amide bonds. The second-order valence-electron chi connectivity index (χ2n) is 7.49. The first-order chi connectivity index (χ1) is 13.7. The number of rotatable bonds is 4. The molecule has 0 atom stereocenters. The first-order valence-corrected chi connectivity index (χ1v) is 10.0.